The molecule has 0 unspecified atom stereocenters. The van der Waals surface area contributed by atoms with Crippen molar-refractivity contribution in [2.24, 2.45) is 0 Å². The van der Waals surface area contributed by atoms with Crippen LogP contribution in [0.15, 0.2) is 30.5 Å². The molecule has 2 aromatic rings. The summed E-state index contributed by atoms with van der Waals surface area (Å²) < 4.78 is 0. The van der Waals surface area contributed by atoms with Crippen molar-refractivity contribution in [1.29, 1.82) is 0 Å². The molecule has 1 fully saturated rings. The summed E-state index contributed by atoms with van der Waals surface area (Å²) in [7, 11) is 0. The Hall–Kier alpha value is -1.61. The van der Waals surface area contributed by atoms with Crippen LogP contribution in [-0.2, 0) is 6.54 Å². The summed E-state index contributed by atoms with van der Waals surface area (Å²) in [5.74, 6) is 0. The molecule has 2 heterocycles. The van der Waals surface area contributed by atoms with Gasteiger partial charge in [0.25, 0.3) is 0 Å². The van der Waals surface area contributed by atoms with Gasteiger partial charge in [-0.2, -0.15) is 0 Å². The highest BCUT2D eigenvalue weighted by Gasteiger charge is 2.25. The van der Waals surface area contributed by atoms with E-state index in [1.807, 2.05) is 18.3 Å². The monoisotopic (exact) mass is 269 g/mol. The molecular weight excluding hydrogens is 246 g/mol. The number of nitrogens with zero attached hydrogens (tertiary/aromatic N) is 2. The van der Waals surface area contributed by atoms with Crippen LogP contribution in [0.1, 0.15) is 38.7 Å². The lowest BCUT2D eigenvalue weighted by atomic mass is 9.96. The number of hydrogen-bond donors (Lipinski definition) is 1. The number of benzene rings is 1. The summed E-state index contributed by atoms with van der Waals surface area (Å²) in [6, 6.07) is 9.46. The molecule has 2 N–H and O–H groups in total. The van der Waals surface area contributed by atoms with E-state index in [0.29, 0.717) is 12.1 Å². The lowest BCUT2D eigenvalue weighted by Gasteiger charge is -2.39. The Morgan fingerprint density at radius 2 is 1.95 bits per heavy atom. The van der Waals surface area contributed by atoms with Crippen LogP contribution in [0, 0.1) is 0 Å². The van der Waals surface area contributed by atoms with Crippen molar-refractivity contribution < 1.29 is 0 Å². The smallest absolute Gasteiger partial charge is 0.0767 e. The summed E-state index contributed by atoms with van der Waals surface area (Å²) in [6.07, 6.45) is 5.79. The first-order valence-electron chi connectivity index (χ1n) is 7.54. The minimum atomic E-state index is 0.648. The zero-order chi connectivity index (χ0) is 14.1. The van der Waals surface area contributed by atoms with Crippen LogP contribution in [0.2, 0.25) is 0 Å². The molecule has 0 bridgehead atoms. The van der Waals surface area contributed by atoms with Crippen LogP contribution < -0.4 is 5.73 Å². The number of pyridine rings is 1. The number of likely N-dealkylation sites (tertiary alicyclic amines) is 1. The van der Waals surface area contributed by atoms with E-state index < -0.39 is 0 Å². The van der Waals surface area contributed by atoms with Crippen LogP contribution in [0.25, 0.3) is 10.9 Å². The van der Waals surface area contributed by atoms with E-state index in [-0.39, 0.29) is 0 Å². The summed E-state index contributed by atoms with van der Waals surface area (Å²) in [5, 5.41) is 1.07. The third-order valence-electron chi connectivity index (χ3n) is 4.62. The zero-order valence-electron chi connectivity index (χ0n) is 12.3. The SMILES string of the molecule is C[C@@H]1CCC[C@H](C)N1Cc1ccc(N)c2cccnc12. The average Bonchev–Trinajstić information content (AvgIpc) is 2.46. The second-order valence-corrected chi connectivity index (χ2v) is 6.01. The van der Waals surface area contributed by atoms with Gasteiger partial charge in [0.2, 0.25) is 0 Å². The Morgan fingerprint density at radius 1 is 1.20 bits per heavy atom. The Bertz CT molecular complexity index is 598. The van der Waals surface area contributed by atoms with Gasteiger partial charge in [0.15, 0.2) is 0 Å². The Balaban J connectivity index is 1.96. The summed E-state index contributed by atoms with van der Waals surface area (Å²) >= 11 is 0. The maximum absolute atomic E-state index is 6.06. The van der Waals surface area contributed by atoms with Crippen molar-refractivity contribution >= 4 is 16.6 Å². The van der Waals surface area contributed by atoms with Gasteiger partial charge in [-0.1, -0.05) is 12.5 Å². The second kappa shape index (κ2) is 5.41. The molecule has 1 aromatic heterocycles. The number of fused-ring (bicyclic) bond motifs is 1. The highest BCUT2D eigenvalue weighted by atomic mass is 15.2. The molecule has 3 heteroatoms. The molecule has 3 nitrogen and oxygen atoms in total. The first kappa shape index (κ1) is 13.4. The summed E-state index contributed by atoms with van der Waals surface area (Å²) in [4.78, 5) is 7.15. The van der Waals surface area contributed by atoms with E-state index in [1.165, 1.54) is 24.8 Å². The Kier molecular flexibility index (Phi) is 3.62. The van der Waals surface area contributed by atoms with Crippen molar-refractivity contribution in [2.45, 2.75) is 51.7 Å². The second-order valence-electron chi connectivity index (χ2n) is 6.01. The van der Waals surface area contributed by atoms with Crippen molar-refractivity contribution in [2.75, 3.05) is 5.73 Å². The van der Waals surface area contributed by atoms with Crippen LogP contribution >= 0.6 is 0 Å². The molecule has 1 saturated heterocycles. The number of aromatic nitrogens is 1. The zero-order valence-corrected chi connectivity index (χ0v) is 12.3. The highest BCUT2D eigenvalue weighted by molar-refractivity contribution is 5.92. The number of piperidine rings is 1. The molecular formula is C17H23N3. The number of nitrogens with two attached hydrogens (primary N) is 1. The average molecular weight is 269 g/mol. The third kappa shape index (κ3) is 2.38. The largest absolute Gasteiger partial charge is 0.398 e. The van der Waals surface area contributed by atoms with E-state index in [0.717, 1.165) is 23.1 Å². The molecule has 0 spiro atoms. The predicted molar refractivity (Wildman–Crippen MR) is 84.5 cm³/mol. The molecule has 3 rings (SSSR count). The number of hydrogen-bond acceptors (Lipinski definition) is 3. The highest BCUT2D eigenvalue weighted by Crippen LogP contribution is 2.28. The molecule has 0 radical (unpaired) electrons. The Labute approximate surface area is 120 Å². The van der Waals surface area contributed by atoms with Gasteiger partial charge in [0.1, 0.15) is 0 Å². The van der Waals surface area contributed by atoms with Crippen LogP contribution in [0.5, 0.6) is 0 Å². The van der Waals surface area contributed by atoms with Gasteiger partial charge in [-0.3, -0.25) is 9.88 Å². The minimum Gasteiger partial charge on any atom is -0.398 e. The van der Waals surface area contributed by atoms with Gasteiger partial charge >= 0.3 is 0 Å². The van der Waals surface area contributed by atoms with E-state index in [2.05, 4.69) is 35.9 Å². The van der Waals surface area contributed by atoms with Crippen LogP contribution in [0.3, 0.4) is 0 Å². The topological polar surface area (TPSA) is 42.1 Å². The van der Waals surface area contributed by atoms with Gasteiger partial charge in [-0.05, 0) is 50.5 Å². The van der Waals surface area contributed by atoms with E-state index in [9.17, 15) is 0 Å². The van der Waals surface area contributed by atoms with Crippen molar-refractivity contribution in [3.05, 3.63) is 36.0 Å². The molecule has 1 aliphatic rings. The van der Waals surface area contributed by atoms with Crippen LogP contribution in [-0.4, -0.2) is 22.0 Å². The fourth-order valence-corrected chi connectivity index (χ4v) is 3.36. The molecule has 20 heavy (non-hydrogen) atoms. The van der Waals surface area contributed by atoms with Crippen LogP contribution in [0.4, 0.5) is 5.69 Å². The van der Waals surface area contributed by atoms with Crippen molar-refractivity contribution in [1.82, 2.24) is 9.88 Å². The minimum absolute atomic E-state index is 0.648. The number of anilines is 1. The Morgan fingerprint density at radius 3 is 2.70 bits per heavy atom. The summed E-state index contributed by atoms with van der Waals surface area (Å²) in [6.45, 7) is 5.64. The van der Waals surface area contributed by atoms with Gasteiger partial charge < -0.3 is 5.73 Å². The maximum Gasteiger partial charge on any atom is 0.0767 e. The molecule has 0 saturated carbocycles. The number of nitrogen functional groups attached to an aromatic ring is 1. The molecule has 2 atom stereocenters. The summed E-state index contributed by atoms with van der Waals surface area (Å²) in [5.41, 5.74) is 9.22. The van der Waals surface area contributed by atoms with E-state index in [4.69, 9.17) is 5.73 Å². The van der Waals surface area contributed by atoms with E-state index in [1.54, 1.807) is 0 Å². The quantitative estimate of drug-likeness (QED) is 0.847. The lowest BCUT2D eigenvalue weighted by Crippen LogP contribution is -2.43. The molecule has 0 amide bonds. The third-order valence-corrected chi connectivity index (χ3v) is 4.62. The fourth-order valence-electron chi connectivity index (χ4n) is 3.36. The van der Waals surface area contributed by atoms with Gasteiger partial charge in [-0.25, -0.2) is 0 Å². The maximum atomic E-state index is 6.06. The first-order valence-corrected chi connectivity index (χ1v) is 7.54. The predicted octanol–water partition coefficient (Wildman–Crippen LogP) is 3.58. The van der Waals surface area contributed by atoms with Gasteiger partial charge in [0.05, 0.1) is 5.52 Å². The molecule has 0 aliphatic carbocycles. The van der Waals surface area contributed by atoms with Gasteiger partial charge in [-0.15, -0.1) is 0 Å². The molecule has 106 valence electrons. The van der Waals surface area contributed by atoms with Crippen molar-refractivity contribution in [3.8, 4) is 0 Å². The lowest BCUT2D eigenvalue weighted by molar-refractivity contribution is 0.0957. The fraction of sp³-hybridized carbons (Fsp3) is 0.471. The first-order chi connectivity index (χ1) is 9.66. The molecule has 1 aliphatic heterocycles. The van der Waals surface area contributed by atoms with E-state index >= 15 is 0 Å². The standard InChI is InChI=1S/C17H23N3/c1-12-5-3-6-13(2)20(12)11-14-8-9-16(18)15-7-4-10-19-17(14)15/h4,7-10,12-13H,3,5-6,11,18H2,1-2H3/t12-,13+. The normalized spacial score (nSPS) is 24.1. The molecule has 1 aromatic carbocycles. The van der Waals surface area contributed by atoms with Gasteiger partial charge in [0, 0.05) is 35.9 Å². The van der Waals surface area contributed by atoms with Crippen molar-refractivity contribution in [3.63, 3.8) is 0 Å². The number of rotatable bonds is 2.